The normalized spacial score (nSPS) is 15.6. The third-order valence-electron chi connectivity index (χ3n) is 5.15. The number of likely N-dealkylation sites (tertiary alicyclic amines) is 1. The molecule has 10 heteroatoms. The van der Waals surface area contributed by atoms with Gasteiger partial charge in [-0.3, -0.25) is 4.57 Å². The van der Waals surface area contributed by atoms with Gasteiger partial charge in [0.2, 0.25) is 0 Å². The van der Waals surface area contributed by atoms with Crippen LogP contribution in [0.4, 0.5) is 4.79 Å². The molecular weight excluding hydrogens is 426 g/mol. The van der Waals surface area contributed by atoms with Crippen LogP contribution in [0.5, 0.6) is 6.01 Å². The SMILES string of the molecule is CC(C)N1CCC(NC(=O)Oc2nccn2Cc2cc(-c3ccc(Cl)s3)on2)CC1. The van der Waals surface area contributed by atoms with E-state index in [0.29, 0.717) is 28.4 Å². The maximum Gasteiger partial charge on any atom is 0.415 e. The lowest BCUT2D eigenvalue weighted by molar-refractivity contribution is 0.150. The Morgan fingerprint density at radius 2 is 2.20 bits per heavy atom. The number of hydrogen-bond donors (Lipinski definition) is 1. The fourth-order valence-corrected chi connectivity index (χ4v) is 4.48. The van der Waals surface area contributed by atoms with Crippen LogP contribution in [-0.4, -0.2) is 50.9 Å². The van der Waals surface area contributed by atoms with E-state index in [0.717, 1.165) is 30.8 Å². The number of amides is 1. The number of ether oxygens (including phenoxy) is 1. The summed E-state index contributed by atoms with van der Waals surface area (Å²) in [6.07, 6.45) is 4.66. The summed E-state index contributed by atoms with van der Waals surface area (Å²) >= 11 is 7.40. The first-order valence-corrected chi connectivity index (χ1v) is 11.1. The van der Waals surface area contributed by atoms with Crippen molar-refractivity contribution in [2.24, 2.45) is 0 Å². The van der Waals surface area contributed by atoms with Crippen molar-refractivity contribution in [2.75, 3.05) is 13.1 Å². The quantitative estimate of drug-likeness (QED) is 0.605. The zero-order valence-corrected chi connectivity index (χ0v) is 18.4. The molecule has 1 N–H and O–H groups in total. The molecule has 0 aliphatic carbocycles. The first-order valence-electron chi connectivity index (χ1n) is 9.93. The molecule has 160 valence electrons. The molecule has 0 radical (unpaired) electrons. The van der Waals surface area contributed by atoms with E-state index < -0.39 is 6.09 Å². The highest BCUT2D eigenvalue weighted by Crippen LogP contribution is 2.31. The molecule has 3 aromatic rings. The topological polar surface area (TPSA) is 85.4 Å². The minimum Gasteiger partial charge on any atom is -0.375 e. The number of imidazole rings is 1. The summed E-state index contributed by atoms with van der Waals surface area (Å²) in [4.78, 5) is 19.8. The van der Waals surface area contributed by atoms with Gasteiger partial charge < -0.3 is 19.5 Å². The Morgan fingerprint density at radius 3 is 2.90 bits per heavy atom. The van der Waals surface area contributed by atoms with Crippen LogP contribution in [0, 0.1) is 0 Å². The Bertz CT molecular complexity index is 990. The van der Waals surface area contributed by atoms with Crippen LogP contribution in [0.15, 0.2) is 35.1 Å². The van der Waals surface area contributed by atoms with Gasteiger partial charge in [-0.15, -0.1) is 11.3 Å². The first kappa shape index (κ1) is 20.9. The molecule has 0 aromatic carbocycles. The molecular formula is C20H24ClN5O3S. The fourth-order valence-electron chi connectivity index (χ4n) is 3.48. The van der Waals surface area contributed by atoms with Crippen LogP contribution in [0.1, 0.15) is 32.4 Å². The van der Waals surface area contributed by atoms with Crippen molar-refractivity contribution >= 4 is 29.0 Å². The molecule has 1 aliphatic heterocycles. The maximum atomic E-state index is 12.3. The zero-order chi connectivity index (χ0) is 21.1. The van der Waals surface area contributed by atoms with E-state index in [1.807, 2.05) is 18.2 Å². The van der Waals surface area contributed by atoms with Gasteiger partial charge in [0.15, 0.2) is 5.76 Å². The summed E-state index contributed by atoms with van der Waals surface area (Å²) in [5.41, 5.74) is 0.693. The number of carbonyl (C=O) groups excluding carboxylic acids is 1. The molecule has 0 saturated carbocycles. The second-order valence-corrected chi connectivity index (χ2v) is 9.28. The van der Waals surface area contributed by atoms with Gasteiger partial charge in [0.1, 0.15) is 5.69 Å². The fraction of sp³-hybridized carbons (Fsp3) is 0.450. The highest BCUT2D eigenvalue weighted by atomic mass is 35.5. The second kappa shape index (κ2) is 9.20. The average Bonchev–Trinajstić information content (AvgIpc) is 3.45. The van der Waals surface area contributed by atoms with E-state index in [9.17, 15) is 4.79 Å². The molecule has 4 rings (SSSR count). The Labute approximate surface area is 183 Å². The highest BCUT2D eigenvalue weighted by Gasteiger charge is 2.23. The van der Waals surface area contributed by atoms with Crippen molar-refractivity contribution in [3.05, 3.63) is 40.6 Å². The molecule has 1 amide bonds. The van der Waals surface area contributed by atoms with E-state index in [4.69, 9.17) is 20.9 Å². The molecule has 30 heavy (non-hydrogen) atoms. The predicted octanol–water partition coefficient (Wildman–Crippen LogP) is 4.26. The number of halogens is 1. The maximum absolute atomic E-state index is 12.3. The number of carbonyl (C=O) groups is 1. The molecule has 1 saturated heterocycles. The Morgan fingerprint density at radius 1 is 1.40 bits per heavy atom. The summed E-state index contributed by atoms with van der Waals surface area (Å²) in [6, 6.07) is 6.41. The number of thiophene rings is 1. The molecule has 8 nitrogen and oxygen atoms in total. The first-order chi connectivity index (χ1) is 14.5. The van der Waals surface area contributed by atoms with Gasteiger partial charge >= 0.3 is 12.1 Å². The smallest absolute Gasteiger partial charge is 0.375 e. The molecule has 0 bridgehead atoms. The van der Waals surface area contributed by atoms with Gasteiger partial charge in [-0.05, 0) is 38.8 Å². The molecule has 0 atom stereocenters. The van der Waals surface area contributed by atoms with Gasteiger partial charge in [0, 0.05) is 43.6 Å². The molecule has 0 spiro atoms. The van der Waals surface area contributed by atoms with Crippen molar-refractivity contribution < 1.29 is 14.1 Å². The minimum absolute atomic E-state index is 0.117. The largest absolute Gasteiger partial charge is 0.415 e. The zero-order valence-electron chi connectivity index (χ0n) is 16.9. The second-order valence-electron chi connectivity index (χ2n) is 7.56. The van der Waals surface area contributed by atoms with Crippen LogP contribution >= 0.6 is 22.9 Å². The number of hydrogen-bond acceptors (Lipinski definition) is 7. The number of aromatic nitrogens is 3. The van der Waals surface area contributed by atoms with E-state index in [2.05, 4.69) is 34.2 Å². The molecule has 4 heterocycles. The third-order valence-corrected chi connectivity index (χ3v) is 6.40. The van der Waals surface area contributed by atoms with Crippen LogP contribution in [0.3, 0.4) is 0 Å². The third kappa shape index (κ3) is 5.03. The average molecular weight is 450 g/mol. The van der Waals surface area contributed by atoms with Crippen molar-refractivity contribution in [3.8, 4) is 16.6 Å². The van der Waals surface area contributed by atoms with Crippen molar-refractivity contribution in [1.29, 1.82) is 0 Å². The summed E-state index contributed by atoms with van der Waals surface area (Å²) in [7, 11) is 0. The number of nitrogens with one attached hydrogen (secondary N) is 1. The standard InChI is InChI=1S/C20H24ClN5O3S/c1-13(2)25-8-5-14(6-9-25)23-20(27)28-19-22-7-10-26(19)12-15-11-16(29-24-15)17-3-4-18(21)30-17/h3-4,7,10-11,13-14H,5-6,8-9,12H2,1-2H3,(H,23,27). The summed E-state index contributed by atoms with van der Waals surface area (Å²) in [5.74, 6) is 0.648. The molecule has 0 unspecified atom stereocenters. The highest BCUT2D eigenvalue weighted by molar-refractivity contribution is 7.19. The van der Waals surface area contributed by atoms with Crippen LogP contribution in [0.25, 0.3) is 10.6 Å². The van der Waals surface area contributed by atoms with Gasteiger partial charge in [0.05, 0.1) is 15.8 Å². The molecule has 1 fully saturated rings. The minimum atomic E-state index is -0.487. The lowest BCUT2D eigenvalue weighted by atomic mass is 10.0. The number of piperidine rings is 1. The predicted molar refractivity (Wildman–Crippen MR) is 115 cm³/mol. The summed E-state index contributed by atoms with van der Waals surface area (Å²) in [6.45, 7) is 6.70. The van der Waals surface area contributed by atoms with E-state index in [1.54, 1.807) is 17.0 Å². The van der Waals surface area contributed by atoms with Crippen molar-refractivity contribution in [1.82, 2.24) is 24.9 Å². The lowest BCUT2D eigenvalue weighted by Crippen LogP contribution is -2.47. The molecule has 1 aliphatic rings. The van der Waals surface area contributed by atoms with Gasteiger partial charge in [-0.2, -0.15) is 0 Å². The van der Waals surface area contributed by atoms with Crippen molar-refractivity contribution in [2.45, 2.75) is 45.3 Å². The Balaban J connectivity index is 1.32. The van der Waals surface area contributed by atoms with Gasteiger partial charge in [-0.1, -0.05) is 16.8 Å². The summed E-state index contributed by atoms with van der Waals surface area (Å²) < 4.78 is 13.2. The van der Waals surface area contributed by atoms with Crippen LogP contribution in [-0.2, 0) is 6.54 Å². The van der Waals surface area contributed by atoms with Crippen LogP contribution in [0.2, 0.25) is 4.34 Å². The Hall–Kier alpha value is -2.36. The van der Waals surface area contributed by atoms with Gasteiger partial charge in [-0.25, -0.2) is 9.78 Å². The van der Waals surface area contributed by atoms with Crippen LogP contribution < -0.4 is 10.1 Å². The number of rotatable bonds is 6. The van der Waals surface area contributed by atoms with Gasteiger partial charge in [0.25, 0.3) is 0 Å². The van der Waals surface area contributed by atoms with E-state index in [-0.39, 0.29) is 12.1 Å². The van der Waals surface area contributed by atoms with E-state index in [1.165, 1.54) is 11.3 Å². The lowest BCUT2D eigenvalue weighted by Gasteiger charge is -2.34. The molecule has 3 aromatic heterocycles. The monoisotopic (exact) mass is 449 g/mol. The van der Waals surface area contributed by atoms with Crippen molar-refractivity contribution in [3.63, 3.8) is 0 Å². The Kier molecular flexibility index (Phi) is 6.40. The summed E-state index contributed by atoms with van der Waals surface area (Å²) in [5, 5.41) is 7.04. The van der Waals surface area contributed by atoms with E-state index >= 15 is 0 Å². The number of nitrogens with zero attached hydrogens (tertiary/aromatic N) is 4.